The number of nitrogens with one attached hydrogen (secondary N) is 1. The van der Waals surface area contributed by atoms with Gasteiger partial charge in [0.05, 0.1) is 24.3 Å². The Labute approximate surface area is 205 Å². The molecule has 0 heterocycles. The lowest BCUT2D eigenvalue weighted by atomic mass is 10.1. The van der Waals surface area contributed by atoms with E-state index in [0.717, 1.165) is 25.7 Å². The lowest BCUT2D eigenvalue weighted by Crippen LogP contribution is -2.20. The molecular weight excluding hydrogens is 442 g/mol. The monoisotopic (exact) mass is 485 g/mol. The molecule has 0 saturated carbocycles. The van der Waals surface area contributed by atoms with E-state index < -0.39 is 11.9 Å². The predicted molar refractivity (Wildman–Crippen MR) is 137 cm³/mol. The minimum absolute atomic E-state index is 0. The van der Waals surface area contributed by atoms with Gasteiger partial charge >= 0.3 is 11.9 Å². The van der Waals surface area contributed by atoms with Crippen molar-refractivity contribution in [3.8, 4) is 0 Å². The van der Waals surface area contributed by atoms with Crippen LogP contribution in [0.25, 0.3) is 0 Å². The van der Waals surface area contributed by atoms with E-state index in [-0.39, 0.29) is 18.4 Å². The van der Waals surface area contributed by atoms with Gasteiger partial charge in [0, 0.05) is 0 Å². The lowest BCUT2D eigenvalue weighted by Gasteiger charge is -2.10. The summed E-state index contributed by atoms with van der Waals surface area (Å²) in [5.41, 5.74) is 9.53. The van der Waals surface area contributed by atoms with Crippen LogP contribution in [-0.2, 0) is 9.47 Å². The zero-order valence-electron chi connectivity index (χ0n) is 20.4. The predicted octanol–water partition coefficient (Wildman–Crippen LogP) is 5.98. The minimum atomic E-state index is -0.444. The van der Waals surface area contributed by atoms with E-state index in [2.05, 4.69) is 25.3 Å². The number of nitrogens with two attached hydrogens (primary N) is 2. The molecule has 0 aliphatic heterocycles. The van der Waals surface area contributed by atoms with Crippen LogP contribution < -0.4 is 11.5 Å². The lowest BCUT2D eigenvalue weighted by molar-refractivity contribution is 0.0450. The molecule has 5 N–H and O–H groups in total. The molecule has 0 radical (unpaired) electrons. The van der Waals surface area contributed by atoms with Crippen LogP contribution in [0.4, 0.5) is 0 Å². The fourth-order valence-electron chi connectivity index (χ4n) is 3.09. The van der Waals surface area contributed by atoms with E-state index in [1.165, 1.54) is 51.4 Å². The maximum Gasteiger partial charge on any atom is 0.339 e. The Hall–Kier alpha value is -2.28. The molecule has 0 amide bonds. The van der Waals surface area contributed by atoms with E-state index in [1.54, 1.807) is 24.3 Å². The summed E-state index contributed by atoms with van der Waals surface area (Å²) in [6.45, 7) is 5.17. The number of benzene rings is 1. The molecule has 0 aliphatic rings. The van der Waals surface area contributed by atoms with Crippen LogP contribution in [-0.4, -0.2) is 31.1 Å². The summed E-state index contributed by atoms with van der Waals surface area (Å²) < 4.78 is 10.7. The Morgan fingerprint density at radius 2 is 1.00 bits per heavy atom. The number of halogens is 1. The molecule has 0 fully saturated rings. The highest BCUT2D eigenvalue weighted by Gasteiger charge is 2.18. The van der Waals surface area contributed by atoms with Crippen molar-refractivity contribution in [2.24, 2.45) is 11.5 Å². The Bertz CT molecular complexity index is 603. The SMILES string of the molecule is CCCCCCCCOC(=O)c1ccccc1C(=O)OCCCCCCCC.Cl.N=C(N)N. The zero-order chi connectivity index (χ0) is 24.0. The molecule has 0 bridgehead atoms. The Morgan fingerprint density at radius 1 is 0.697 bits per heavy atom. The van der Waals surface area contributed by atoms with Crippen LogP contribution in [0.5, 0.6) is 0 Å². The standard InChI is InChI=1S/C24H38O4.CH5N3.ClH/c1-3-5-7-9-11-15-19-27-23(25)21-17-13-14-18-22(21)24(26)28-20-16-12-10-8-6-4-2;2-1(3)4;/h13-14,17-18H,3-12,15-16,19-20H2,1-2H3;(H5,2,3,4);1H. The second-order valence-corrected chi connectivity index (χ2v) is 7.81. The Balaban J connectivity index is 0. The Kier molecular flexibility index (Phi) is 22.8. The maximum atomic E-state index is 12.4. The van der Waals surface area contributed by atoms with Gasteiger partial charge in [-0.25, -0.2) is 9.59 Å². The average Bonchev–Trinajstić information content (AvgIpc) is 2.77. The number of unbranched alkanes of at least 4 members (excludes halogenated alkanes) is 10. The number of guanidine groups is 1. The molecule has 0 aliphatic carbocycles. The van der Waals surface area contributed by atoms with Crippen LogP contribution in [0.3, 0.4) is 0 Å². The second-order valence-electron chi connectivity index (χ2n) is 7.81. The van der Waals surface area contributed by atoms with E-state index in [4.69, 9.17) is 14.9 Å². The number of carbonyl (C=O) groups excluding carboxylic acids is 2. The van der Waals surface area contributed by atoms with Gasteiger partial charge in [-0.2, -0.15) is 0 Å². The zero-order valence-corrected chi connectivity index (χ0v) is 21.2. The third-order valence-electron chi connectivity index (χ3n) is 4.83. The topological polar surface area (TPSA) is 128 Å². The second kappa shape index (κ2) is 22.9. The van der Waals surface area contributed by atoms with E-state index in [1.807, 2.05) is 0 Å². The molecule has 0 aromatic heterocycles. The van der Waals surface area contributed by atoms with Gasteiger partial charge in [0.15, 0.2) is 5.96 Å². The van der Waals surface area contributed by atoms with Crippen molar-refractivity contribution >= 4 is 30.3 Å². The van der Waals surface area contributed by atoms with Crippen LogP contribution in [0, 0.1) is 5.41 Å². The molecule has 190 valence electrons. The molecule has 0 spiro atoms. The molecule has 0 saturated heterocycles. The number of hydrogen-bond donors (Lipinski definition) is 3. The first kappa shape index (κ1) is 32.9. The number of esters is 2. The van der Waals surface area contributed by atoms with Gasteiger partial charge in [0.1, 0.15) is 0 Å². The highest BCUT2D eigenvalue weighted by atomic mass is 35.5. The van der Waals surface area contributed by atoms with Gasteiger partial charge in [0.25, 0.3) is 0 Å². The molecule has 1 rings (SSSR count). The Morgan fingerprint density at radius 3 is 1.33 bits per heavy atom. The average molecular weight is 486 g/mol. The molecule has 7 nitrogen and oxygen atoms in total. The van der Waals surface area contributed by atoms with Crippen molar-refractivity contribution in [2.75, 3.05) is 13.2 Å². The highest BCUT2D eigenvalue weighted by Crippen LogP contribution is 2.14. The first-order chi connectivity index (χ1) is 15.4. The molecule has 0 atom stereocenters. The van der Waals surface area contributed by atoms with Gasteiger partial charge in [-0.1, -0.05) is 90.2 Å². The summed E-state index contributed by atoms with van der Waals surface area (Å²) in [5.74, 6) is -1.22. The van der Waals surface area contributed by atoms with Gasteiger partial charge in [-0.3, -0.25) is 5.41 Å². The molecular formula is C25H44ClN3O4. The number of ether oxygens (including phenoxy) is 2. The van der Waals surface area contributed by atoms with Crippen molar-refractivity contribution < 1.29 is 19.1 Å². The molecule has 1 aromatic carbocycles. The fraction of sp³-hybridized carbons (Fsp3) is 0.640. The first-order valence-electron chi connectivity index (χ1n) is 12.0. The summed E-state index contributed by atoms with van der Waals surface area (Å²) >= 11 is 0. The van der Waals surface area contributed by atoms with Crippen molar-refractivity contribution in [3.63, 3.8) is 0 Å². The normalized spacial score (nSPS) is 9.76. The molecule has 33 heavy (non-hydrogen) atoms. The van der Waals surface area contributed by atoms with Crippen LogP contribution in [0.2, 0.25) is 0 Å². The van der Waals surface area contributed by atoms with Crippen LogP contribution in [0.15, 0.2) is 24.3 Å². The minimum Gasteiger partial charge on any atom is -0.462 e. The first-order valence-corrected chi connectivity index (χ1v) is 12.0. The van der Waals surface area contributed by atoms with Gasteiger partial charge in [-0.05, 0) is 25.0 Å². The number of carbonyl (C=O) groups is 2. The summed E-state index contributed by atoms with van der Waals surface area (Å²) in [6.07, 6.45) is 13.6. The highest BCUT2D eigenvalue weighted by molar-refractivity contribution is 6.03. The third-order valence-corrected chi connectivity index (χ3v) is 4.83. The summed E-state index contributed by atoms with van der Waals surface area (Å²) in [7, 11) is 0. The van der Waals surface area contributed by atoms with Crippen molar-refractivity contribution in [3.05, 3.63) is 35.4 Å². The fourth-order valence-corrected chi connectivity index (χ4v) is 3.09. The molecule has 0 unspecified atom stereocenters. The third kappa shape index (κ3) is 18.9. The molecule has 8 heteroatoms. The number of hydrogen-bond acceptors (Lipinski definition) is 5. The van der Waals surface area contributed by atoms with Gasteiger partial charge < -0.3 is 20.9 Å². The van der Waals surface area contributed by atoms with E-state index in [9.17, 15) is 9.59 Å². The van der Waals surface area contributed by atoms with Gasteiger partial charge in [-0.15, -0.1) is 12.4 Å². The smallest absolute Gasteiger partial charge is 0.339 e. The van der Waals surface area contributed by atoms with Crippen molar-refractivity contribution in [1.29, 1.82) is 5.41 Å². The van der Waals surface area contributed by atoms with Gasteiger partial charge in [0.2, 0.25) is 0 Å². The number of rotatable bonds is 16. The molecule has 1 aromatic rings. The van der Waals surface area contributed by atoms with E-state index >= 15 is 0 Å². The van der Waals surface area contributed by atoms with Crippen LogP contribution in [0.1, 0.15) is 112 Å². The van der Waals surface area contributed by atoms with Crippen molar-refractivity contribution in [1.82, 2.24) is 0 Å². The van der Waals surface area contributed by atoms with E-state index in [0.29, 0.717) is 24.3 Å². The summed E-state index contributed by atoms with van der Waals surface area (Å²) in [6, 6.07) is 6.74. The summed E-state index contributed by atoms with van der Waals surface area (Å²) in [5, 5.41) is 6.06. The maximum absolute atomic E-state index is 12.4. The quantitative estimate of drug-likeness (QED) is 0.114. The van der Waals surface area contributed by atoms with Crippen LogP contribution >= 0.6 is 12.4 Å². The summed E-state index contributed by atoms with van der Waals surface area (Å²) in [4.78, 5) is 24.7. The van der Waals surface area contributed by atoms with Crippen molar-refractivity contribution in [2.45, 2.75) is 90.9 Å². The largest absolute Gasteiger partial charge is 0.462 e.